The maximum Gasteiger partial charge on any atom is 0.306 e. The first-order chi connectivity index (χ1) is 8.37. The second-order valence-electron chi connectivity index (χ2n) is 5.01. The second kappa shape index (κ2) is 8.91. The number of amides is 1. The molecule has 0 aliphatic rings. The second-order valence-corrected chi connectivity index (χ2v) is 5.01. The molecule has 5 heteroatoms. The number of carboxylic acids is 1. The van der Waals surface area contributed by atoms with Gasteiger partial charge in [0.05, 0.1) is 12.0 Å². The molecular weight excluding hydrogens is 234 g/mol. The molecule has 0 bridgehead atoms. The van der Waals surface area contributed by atoms with Crippen LogP contribution in [0.4, 0.5) is 0 Å². The van der Waals surface area contributed by atoms with Crippen molar-refractivity contribution in [3.63, 3.8) is 0 Å². The van der Waals surface area contributed by atoms with E-state index < -0.39 is 11.6 Å². The van der Waals surface area contributed by atoms with E-state index in [9.17, 15) is 14.7 Å². The van der Waals surface area contributed by atoms with Crippen molar-refractivity contribution < 1.29 is 19.8 Å². The Morgan fingerprint density at radius 1 is 1.17 bits per heavy atom. The molecule has 0 aliphatic carbocycles. The van der Waals surface area contributed by atoms with Crippen LogP contribution in [0.1, 0.15) is 58.8 Å². The van der Waals surface area contributed by atoms with Gasteiger partial charge in [0.1, 0.15) is 0 Å². The van der Waals surface area contributed by atoms with Crippen molar-refractivity contribution in [1.29, 1.82) is 0 Å². The zero-order chi connectivity index (χ0) is 14.0. The minimum Gasteiger partial charge on any atom is -0.481 e. The third-order valence-electron chi connectivity index (χ3n) is 2.71. The van der Waals surface area contributed by atoms with Gasteiger partial charge in [-0.25, -0.2) is 0 Å². The van der Waals surface area contributed by atoms with Crippen LogP contribution in [-0.2, 0) is 9.59 Å². The molecule has 106 valence electrons. The third kappa shape index (κ3) is 10.1. The van der Waals surface area contributed by atoms with Crippen molar-refractivity contribution in [1.82, 2.24) is 5.32 Å². The van der Waals surface area contributed by atoms with Crippen molar-refractivity contribution in [3.8, 4) is 0 Å². The lowest BCUT2D eigenvalue weighted by Crippen LogP contribution is -2.42. The van der Waals surface area contributed by atoms with Crippen molar-refractivity contribution in [3.05, 3.63) is 0 Å². The zero-order valence-corrected chi connectivity index (χ0v) is 11.4. The molecule has 0 aromatic heterocycles. The van der Waals surface area contributed by atoms with E-state index >= 15 is 0 Å². The summed E-state index contributed by atoms with van der Waals surface area (Å²) in [5.41, 5.74) is -1.39. The highest BCUT2D eigenvalue weighted by molar-refractivity contribution is 5.76. The molecule has 3 N–H and O–H groups in total. The molecule has 0 spiro atoms. The number of aliphatic hydroxyl groups is 1. The van der Waals surface area contributed by atoms with Crippen LogP contribution >= 0.6 is 0 Å². The molecule has 0 saturated heterocycles. The first-order valence-electron chi connectivity index (χ1n) is 6.58. The summed E-state index contributed by atoms with van der Waals surface area (Å²) in [4.78, 5) is 21.9. The lowest BCUT2D eigenvalue weighted by Gasteiger charge is -2.21. The number of carbonyl (C=O) groups is 2. The van der Waals surface area contributed by atoms with Crippen LogP contribution < -0.4 is 5.32 Å². The molecule has 1 unspecified atom stereocenters. The monoisotopic (exact) mass is 259 g/mol. The van der Waals surface area contributed by atoms with Gasteiger partial charge in [-0.05, 0) is 13.3 Å². The maximum atomic E-state index is 11.4. The average molecular weight is 259 g/mol. The van der Waals surface area contributed by atoms with E-state index in [4.69, 9.17) is 5.11 Å². The number of aliphatic carboxylic acids is 1. The van der Waals surface area contributed by atoms with Gasteiger partial charge in [0.15, 0.2) is 0 Å². The van der Waals surface area contributed by atoms with Crippen molar-refractivity contribution in [2.24, 2.45) is 0 Å². The number of carboxylic acid groups (broad SMARTS) is 1. The van der Waals surface area contributed by atoms with Crippen LogP contribution in [0.2, 0.25) is 0 Å². The Kier molecular flexibility index (Phi) is 8.37. The Morgan fingerprint density at radius 3 is 2.33 bits per heavy atom. The molecule has 1 amide bonds. The molecular formula is C13H25NO4. The van der Waals surface area contributed by atoms with Gasteiger partial charge in [-0.15, -0.1) is 0 Å². The molecule has 0 aromatic rings. The summed E-state index contributed by atoms with van der Waals surface area (Å²) in [6.45, 7) is 3.52. The summed E-state index contributed by atoms with van der Waals surface area (Å²) >= 11 is 0. The number of nitrogens with one attached hydrogen (secondary N) is 1. The highest BCUT2D eigenvalue weighted by atomic mass is 16.4. The van der Waals surface area contributed by atoms with Gasteiger partial charge >= 0.3 is 5.97 Å². The number of carbonyl (C=O) groups excluding carboxylic acids is 1. The van der Waals surface area contributed by atoms with Crippen LogP contribution in [0.5, 0.6) is 0 Å². The molecule has 0 rings (SSSR count). The topological polar surface area (TPSA) is 86.6 Å². The van der Waals surface area contributed by atoms with Gasteiger partial charge in [-0.3, -0.25) is 9.59 Å². The molecule has 0 fully saturated rings. The van der Waals surface area contributed by atoms with Gasteiger partial charge in [0, 0.05) is 13.0 Å². The molecule has 0 heterocycles. The van der Waals surface area contributed by atoms with Gasteiger partial charge in [0.2, 0.25) is 5.91 Å². The Hall–Kier alpha value is -1.10. The fourth-order valence-corrected chi connectivity index (χ4v) is 1.65. The third-order valence-corrected chi connectivity index (χ3v) is 2.71. The van der Waals surface area contributed by atoms with E-state index in [1.165, 1.54) is 19.8 Å². The molecule has 0 radical (unpaired) electrons. The van der Waals surface area contributed by atoms with Crippen LogP contribution in [0.3, 0.4) is 0 Å². The number of hydrogen-bond donors (Lipinski definition) is 3. The Labute approximate surface area is 109 Å². The van der Waals surface area contributed by atoms with Crippen molar-refractivity contribution >= 4 is 11.9 Å². The van der Waals surface area contributed by atoms with E-state index in [2.05, 4.69) is 12.2 Å². The quantitative estimate of drug-likeness (QED) is 0.521. The van der Waals surface area contributed by atoms with E-state index in [0.717, 1.165) is 19.3 Å². The van der Waals surface area contributed by atoms with Gasteiger partial charge in [-0.1, -0.05) is 32.6 Å². The molecule has 0 aromatic carbocycles. The number of unbranched alkanes of at least 4 members (excludes halogenated alkanes) is 4. The van der Waals surface area contributed by atoms with Crippen molar-refractivity contribution in [2.75, 3.05) is 6.54 Å². The summed E-state index contributed by atoms with van der Waals surface area (Å²) in [5, 5.41) is 20.8. The highest BCUT2D eigenvalue weighted by Gasteiger charge is 2.24. The molecule has 18 heavy (non-hydrogen) atoms. The summed E-state index contributed by atoms with van der Waals surface area (Å²) in [6.07, 6.45) is 5.44. The van der Waals surface area contributed by atoms with Gasteiger partial charge in [0.25, 0.3) is 0 Å². The van der Waals surface area contributed by atoms with Crippen LogP contribution in [0.25, 0.3) is 0 Å². The minimum atomic E-state index is -1.39. The average Bonchev–Trinajstić information content (AvgIpc) is 2.24. The predicted molar refractivity (Wildman–Crippen MR) is 69.3 cm³/mol. The fraction of sp³-hybridized carbons (Fsp3) is 0.846. The molecule has 1 atom stereocenters. The Bertz CT molecular complexity index is 264. The summed E-state index contributed by atoms with van der Waals surface area (Å²) in [7, 11) is 0. The lowest BCUT2D eigenvalue weighted by atomic mass is 10.0. The zero-order valence-electron chi connectivity index (χ0n) is 11.4. The lowest BCUT2D eigenvalue weighted by molar-refractivity contribution is -0.142. The van der Waals surface area contributed by atoms with Crippen LogP contribution in [-0.4, -0.2) is 34.2 Å². The SMILES string of the molecule is CCCCCCCC(=O)NCC(C)(O)CC(=O)O. The summed E-state index contributed by atoms with van der Waals surface area (Å²) in [5.74, 6) is -1.20. The highest BCUT2D eigenvalue weighted by Crippen LogP contribution is 2.08. The minimum absolute atomic E-state index is 0.0207. The van der Waals surface area contributed by atoms with Crippen LogP contribution in [0.15, 0.2) is 0 Å². The first-order valence-corrected chi connectivity index (χ1v) is 6.58. The summed E-state index contributed by atoms with van der Waals surface area (Å²) < 4.78 is 0. The predicted octanol–water partition coefficient (Wildman–Crippen LogP) is 1.69. The van der Waals surface area contributed by atoms with Crippen LogP contribution in [0, 0.1) is 0 Å². The smallest absolute Gasteiger partial charge is 0.306 e. The molecule has 0 saturated carbocycles. The van der Waals surface area contributed by atoms with E-state index in [-0.39, 0.29) is 18.9 Å². The Balaban J connectivity index is 3.66. The molecule has 5 nitrogen and oxygen atoms in total. The number of rotatable bonds is 10. The largest absolute Gasteiger partial charge is 0.481 e. The first kappa shape index (κ1) is 16.9. The molecule has 0 aliphatic heterocycles. The fourth-order valence-electron chi connectivity index (χ4n) is 1.65. The van der Waals surface area contributed by atoms with E-state index in [1.54, 1.807) is 0 Å². The van der Waals surface area contributed by atoms with E-state index in [1.807, 2.05) is 0 Å². The van der Waals surface area contributed by atoms with Crippen molar-refractivity contribution in [2.45, 2.75) is 64.4 Å². The normalized spacial score (nSPS) is 13.9. The Morgan fingerprint density at radius 2 is 1.78 bits per heavy atom. The van der Waals surface area contributed by atoms with Gasteiger partial charge in [-0.2, -0.15) is 0 Å². The summed E-state index contributed by atoms with van der Waals surface area (Å²) in [6, 6.07) is 0. The standard InChI is InChI=1S/C13H25NO4/c1-3-4-5-6-7-8-11(15)14-10-13(2,18)9-12(16)17/h18H,3-10H2,1-2H3,(H,14,15)(H,16,17). The number of hydrogen-bond acceptors (Lipinski definition) is 3. The maximum absolute atomic E-state index is 11.4. The van der Waals surface area contributed by atoms with Gasteiger partial charge < -0.3 is 15.5 Å². The van der Waals surface area contributed by atoms with E-state index in [0.29, 0.717) is 6.42 Å².